The quantitative estimate of drug-likeness (QED) is 0.203. The van der Waals surface area contributed by atoms with Crippen LogP contribution in [0.1, 0.15) is 38.4 Å². The molecule has 3 aliphatic carbocycles. The van der Waals surface area contributed by atoms with Gasteiger partial charge in [0.2, 0.25) is 5.95 Å². The molecule has 0 bridgehead atoms. The van der Waals surface area contributed by atoms with E-state index in [2.05, 4.69) is 158 Å². The van der Waals surface area contributed by atoms with Gasteiger partial charge in [0.1, 0.15) is 0 Å². The van der Waals surface area contributed by atoms with Crippen LogP contribution in [0.5, 0.6) is 0 Å². The molecule has 1 aliphatic heterocycles. The number of fused-ring (bicyclic) bond motifs is 6. The second-order valence-corrected chi connectivity index (χ2v) is 14.0. The summed E-state index contributed by atoms with van der Waals surface area (Å²) >= 11 is 0. The summed E-state index contributed by atoms with van der Waals surface area (Å²) in [6.45, 7) is 7.18. The van der Waals surface area contributed by atoms with Crippen LogP contribution in [-0.4, -0.2) is 31.0 Å². The maximum Gasteiger partial charge on any atom is 0.235 e. The van der Waals surface area contributed by atoms with Gasteiger partial charge in [0, 0.05) is 34.0 Å². The summed E-state index contributed by atoms with van der Waals surface area (Å²) in [4.78, 5) is 13.2. The summed E-state index contributed by atoms with van der Waals surface area (Å²) in [6, 6.07) is 32.0. The fourth-order valence-electron chi connectivity index (χ4n) is 8.40. The van der Waals surface area contributed by atoms with Crippen molar-refractivity contribution in [2.45, 2.75) is 45.2 Å². The first-order valence-corrected chi connectivity index (χ1v) is 16.8. The summed E-state index contributed by atoms with van der Waals surface area (Å²) in [5.41, 5.74) is 10.2. The average Bonchev–Trinajstić information content (AvgIpc) is 3.57. The van der Waals surface area contributed by atoms with Crippen molar-refractivity contribution in [3.63, 3.8) is 0 Å². The molecule has 4 nitrogen and oxygen atoms in total. The van der Waals surface area contributed by atoms with Gasteiger partial charge in [0.15, 0.2) is 0 Å². The molecule has 9 rings (SSSR count). The lowest BCUT2D eigenvalue weighted by Gasteiger charge is -2.46. The largest absolute Gasteiger partial charge is 0.355 e. The Labute approximate surface area is 276 Å². The molecular formula is C43H38N4. The second kappa shape index (κ2) is 10.4. The van der Waals surface area contributed by atoms with E-state index in [1.165, 1.54) is 22.2 Å². The number of aromatic nitrogens is 3. The van der Waals surface area contributed by atoms with Crippen LogP contribution in [-0.2, 0) is 6.42 Å². The van der Waals surface area contributed by atoms with E-state index in [-0.39, 0.29) is 17.0 Å². The van der Waals surface area contributed by atoms with Gasteiger partial charge in [-0.15, -0.1) is 0 Å². The first-order valence-electron chi connectivity index (χ1n) is 16.8. The molecule has 5 aromatic rings. The molecule has 4 atom stereocenters. The van der Waals surface area contributed by atoms with E-state index in [0.717, 1.165) is 46.6 Å². The lowest BCUT2D eigenvalue weighted by molar-refractivity contribution is 0.153. The number of hydrogen-bond donors (Lipinski definition) is 0. The molecule has 3 heterocycles. The van der Waals surface area contributed by atoms with E-state index in [4.69, 9.17) is 9.97 Å². The monoisotopic (exact) mass is 610 g/mol. The first-order chi connectivity index (χ1) is 22.9. The molecule has 4 unspecified atom stereocenters. The molecule has 3 aromatic carbocycles. The van der Waals surface area contributed by atoms with Crippen LogP contribution in [0, 0.1) is 11.3 Å². The normalized spacial score (nSPS) is 25.7. The zero-order valence-electron chi connectivity index (χ0n) is 27.1. The van der Waals surface area contributed by atoms with Crippen molar-refractivity contribution in [1.29, 1.82) is 0 Å². The fourth-order valence-corrected chi connectivity index (χ4v) is 8.40. The third kappa shape index (κ3) is 4.27. The Morgan fingerprint density at radius 2 is 1.47 bits per heavy atom. The minimum absolute atomic E-state index is 0.0363. The molecule has 1 saturated heterocycles. The summed E-state index contributed by atoms with van der Waals surface area (Å²) in [5.74, 6) is 1.22. The van der Waals surface area contributed by atoms with E-state index in [0.29, 0.717) is 11.9 Å². The molecule has 1 fully saturated rings. The van der Waals surface area contributed by atoms with Crippen molar-refractivity contribution >= 4 is 17.0 Å². The minimum Gasteiger partial charge on any atom is -0.355 e. The van der Waals surface area contributed by atoms with Crippen LogP contribution in [0.2, 0.25) is 0 Å². The highest BCUT2D eigenvalue weighted by atomic mass is 15.3. The zero-order chi connectivity index (χ0) is 31.8. The van der Waals surface area contributed by atoms with Crippen LogP contribution in [0.4, 0.5) is 0 Å². The number of nitrogens with zero attached hydrogens (tertiary/aromatic N) is 4. The summed E-state index contributed by atoms with van der Waals surface area (Å²) in [6.07, 6.45) is 21.1. The molecule has 0 spiro atoms. The highest BCUT2D eigenvalue weighted by molar-refractivity contribution is 5.91. The Bertz CT molecular complexity index is 2140. The van der Waals surface area contributed by atoms with Gasteiger partial charge in [-0.05, 0) is 55.5 Å². The van der Waals surface area contributed by atoms with Crippen molar-refractivity contribution in [1.82, 2.24) is 19.4 Å². The molecule has 47 heavy (non-hydrogen) atoms. The Hall–Kier alpha value is -5.22. The minimum atomic E-state index is -0.218. The van der Waals surface area contributed by atoms with Crippen molar-refractivity contribution in [2.24, 2.45) is 11.3 Å². The van der Waals surface area contributed by atoms with Gasteiger partial charge in [-0.1, -0.05) is 128 Å². The van der Waals surface area contributed by atoms with Crippen molar-refractivity contribution in [2.75, 3.05) is 0 Å². The number of likely N-dealkylation sites (tertiary alicyclic amines) is 1. The molecule has 2 aromatic heterocycles. The highest BCUT2D eigenvalue weighted by Gasteiger charge is 2.54. The lowest BCUT2D eigenvalue weighted by atomic mass is 9.73. The van der Waals surface area contributed by atoms with Gasteiger partial charge in [-0.2, -0.15) is 0 Å². The average molecular weight is 611 g/mol. The molecule has 0 amide bonds. The predicted molar refractivity (Wildman–Crippen MR) is 193 cm³/mol. The highest BCUT2D eigenvalue weighted by Crippen LogP contribution is 2.56. The lowest BCUT2D eigenvalue weighted by Crippen LogP contribution is -2.51. The second-order valence-electron chi connectivity index (χ2n) is 14.0. The molecule has 0 radical (unpaired) electrons. The van der Waals surface area contributed by atoms with Crippen LogP contribution in [0.3, 0.4) is 0 Å². The fraction of sp³-hybridized carbons (Fsp3) is 0.209. The number of para-hydroxylation sites is 1. The zero-order valence-corrected chi connectivity index (χ0v) is 27.1. The number of benzene rings is 3. The molecule has 0 saturated carbocycles. The van der Waals surface area contributed by atoms with Crippen LogP contribution in [0.15, 0.2) is 145 Å². The molecule has 230 valence electrons. The van der Waals surface area contributed by atoms with E-state index in [9.17, 15) is 0 Å². The van der Waals surface area contributed by atoms with E-state index < -0.39 is 0 Å². The number of rotatable bonds is 4. The first kappa shape index (κ1) is 28.0. The third-order valence-electron chi connectivity index (χ3n) is 10.8. The Morgan fingerprint density at radius 3 is 2.19 bits per heavy atom. The van der Waals surface area contributed by atoms with Crippen molar-refractivity contribution in [3.05, 3.63) is 156 Å². The van der Waals surface area contributed by atoms with Gasteiger partial charge >= 0.3 is 0 Å². The Morgan fingerprint density at radius 1 is 0.787 bits per heavy atom. The summed E-state index contributed by atoms with van der Waals surface area (Å²) in [5, 5.41) is 1.26. The van der Waals surface area contributed by atoms with Gasteiger partial charge < -0.3 is 4.90 Å². The maximum absolute atomic E-state index is 5.24. The SMILES string of the molecule is CC1C=C2C(=CC1)C1(C)C=CC=CC1N2C1(C)C=Cc2c(c3ccccc3n2-c2nc(-c3ccccc3)cc(-c3ccccc3)n2)C1. The van der Waals surface area contributed by atoms with Gasteiger partial charge in [-0.3, -0.25) is 4.57 Å². The van der Waals surface area contributed by atoms with Crippen LogP contribution < -0.4 is 0 Å². The molecule has 4 aliphatic rings. The van der Waals surface area contributed by atoms with Crippen LogP contribution >= 0.6 is 0 Å². The Kier molecular flexibility index (Phi) is 6.20. The van der Waals surface area contributed by atoms with Crippen molar-refractivity contribution < 1.29 is 0 Å². The third-order valence-corrected chi connectivity index (χ3v) is 10.8. The topological polar surface area (TPSA) is 34.0 Å². The van der Waals surface area contributed by atoms with Crippen LogP contribution in [0.25, 0.3) is 45.4 Å². The van der Waals surface area contributed by atoms with E-state index in [1.807, 2.05) is 12.1 Å². The number of hydrogen-bond acceptors (Lipinski definition) is 3. The van der Waals surface area contributed by atoms with E-state index >= 15 is 0 Å². The van der Waals surface area contributed by atoms with Gasteiger partial charge in [0.05, 0.1) is 34.2 Å². The summed E-state index contributed by atoms with van der Waals surface area (Å²) < 4.78 is 2.28. The summed E-state index contributed by atoms with van der Waals surface area (Å²) in [7, 11) is 0. The standard InChI is InChI=1S/C43H38N4/c1-29-21-22-34-39(26-29)47(40-20-12-13-24-43(34,40)3)42(2)25-23-38-33(28-42)32-18-10-11-19-37(32)46(38)41-44-35(30-14-6-4-7-15-30)27-36(45-41)31-16-8-5-9-17-31/h4-20,22-27,29,40H,21,28H2,1-3H3. The smallest absolute Gasteiger partial charge is 0.235 e. The Balaban J connectivity index is 1.22. The predicted octanol–water partition coefficient (Wildman–Crippen LogP) is 9.75. The van der Waals surface area contributed by atoms with Gasteiger partial charge in [0.25, 0.3) is 0 Å². The molecule has 0 N–H and O–H groups in total. The maximum atomic E-state index is 5.24. The van der Waals surface area contributed by atoms with Gasteiger partial charge in [-0.25, -0.2) is 9.97 Å². The number of allylic oxidation sites excluding steroid dienone is 5. The van der Waals surface area contributed by atoms with E-state index in [1.54, 1.807) is 0 Å². The molecule has 4 heteroatoms. The molecular weight excluding hydrogens is 573 g/mol. The van der Waals surface area contributed by atoms with Crippen molar-refractivity contribution in [3.8, 4) is 28.5 Å².